The van der Waals surface area contributed by atoms with Crippen molar-refractivity contribution >= 4 is 11.4 Å². The lowest BCUT2D eigenvalue weighted by molar-refractivity contribution is -0.384. The van der Waals surface area contributed by atoms with Crippen molar-refractivity contribution in [2.24, 2.45) is 11.8 Å². The summed E-state index contributed by atoms with van der Waals surface area (Å²) < 4.78 is 5.86. The third-order valence-corrected chi connectivity index (χ3v) is 3.46. The van der Waals surface area contributed by atoms with Gasteiger partial charge in [-0.15, -0.1) is 0 Å². The Bertz CT molecular complexity index is 464. The van der Waals surface area contributed by atoms with Gasteiger partial charge in [0.25, 0.3) is 5.69 Å². The maximum Gasteiger partial charge on any atom is 0.275 e. The Balaban J connectivity index is 2.14. The summed E-state index contributed by atoms with van der Waals surface area (Å²) in [7, 11) is 0. The largest absolute Gasteiger partial charge is 0.490 e. The maximum atomic E-state index is 10.8. The smallest absolute Gasteiger partial charge is 0.275 e. The number of nitro benzene ring substituents is 1. The fraction of sp³-hybridized carbons (Fsp3) is 0.538. The number of hydrazine groups is 1. The Morgan fingerprint density at radius 2 is 2.21 bits per heavy atom. The molecule has 0 bridgehead atoms. The topological polar surface area (TPSA) is 90.4 Å². The van der Waals surface area contributed by atoms with Crippen molar-refractivity contribution in [3.05, 3.63) is 28.3 Å². The van der Waals surface area contributed by atoms with Crippen LogP contribution >= 0.6 is 0 Å². The van der Waals surface area contributed by atoms with E-state index in [-0.39, 0.29) is 11.8 Å². The second-order valence-electron chi connectivity index (χ2n) is 5.13. The molecule has 1 aliphatic carbocycles. The quantitative estimate of drug-likeness (QED) is 0.496. The summed E-state index contributed by atoms with van der Waals surface area (Å²) >= 11 is 0. The summed E-state index contributed by atoms with van der Waals surface area (Å²) in [6, 6.07) is 4.52. The van der Waals surface area contributed by atoms with E-state index in [0.29, 0.717) is 17.4 Å². The molecule has 6 nitrogen and oxygen atoms in total. The number of anilines is 1. The fourth-order valence-electron chi connectivity index (χ4n) is 2.52. The van der Waals surface area contributed by atoms with Crippen LogP contribution in [-0.4, -0.2) is 11.0 Å². The highest BCUT2D eigenvalue weighted by Gasteiger charge is 2.21. The second kappa shape index (κ2) is 5.88. The van der Waals surface area contributed by atoms with Crippen LogP contribution in [0.1, 0.15) is 32.6 Å². The van der Waals surface area contributed by atoms with Gasteiger partial charge < -0.3 is 10.2 Å². The number of benzene rings is 1. The van der Waals surface area contributed by atoms with Crippen LogP contribution in [0, 0.1) is 16.0 Å². The minimum absolute atomic E-state index is 0.0192. The fourth-order valence-corrected chi connectivity index (χ4v) is 2.52. The number of hydrogen-bond acceptors (Lipinski definition) is 5. The van der Waals surface area contributed by atoms with Crippen molar-refractivity contribution in [1.29, 1.82) is 0 Å². The lowest BCUT2D eigenvalue weighted by atomic mass is 9.89. The van der Waals surface area contributed by atoms with E-state index in [9.17, 15) is 10.1 Å². The van der Waals surface area contributed by atoms with E-state index in [1.165, 1.54) is 18.6 Å². The molecule has 2 unspecified atom stereocenters. The zero-order chi connectivity index (χ0) is 13.8. The highest BCUT2D eigenvalue weighted by Crippen LogP contribution is 2.30. The summed E-state index contributed by atoms with van der Waals surface area (Å²) in [5.74, 6) is 6.46. The van der Waals surface area contributed by atoms with Gasteiger partial charge in [0.1, 0.15) is 5.75 Å². The molecule has 1 aliphatic rings. The summed E-state index contributed by atoms with van der Waals surface area (Å²) in [5, 5.41) is 10.8. The summed E-state index contributed by atoms with van der Waals surface area (Å²) in [6.45, 7) is 2.20. The van der Waals surface area contributed by atoms with Crippen molar-refractivity contribution in [3.8, 4) is 5.75 Å². The van der Waals surface area contributed by atoms with Gasteiger partial charge in [0.2, 0.25) is 0 Å². The minimum Gasteiger partial charge on any atom is -0.490 e. The number of nitro groups is 1. The molecule has 2 atom stereocenters. The van der Waals surface area contributed by atoms with Gasteiger partial charge in [-0.2, -0.15) is 0 Å². The van der Waals surface area contributed by atoms with Crippen LogP contribution in [-0.2, 0) is 0 Å². The van der Waals surface area contributed by atoms with Gasteiger partial charge in [0.15, 0.2) is 0 Å². The predicted octanol–water partition coefficient (Wildman–Crippen LogP) is 2.84. The maximum absolute atomic E-state index is 10.8. The van der Waals surface area contributed by atoms with Crippen LogP contribution in [0.5, 0.6) is 5.75 Å². The number of nitrogen functional groups attached to an aromatic ring is 1. The Kier molecular flexibility index (Phi) is 4.21. The first-order chi connectivity index (χ1) is 9.08. The summed E-state index contributed by atoms with van der Waals surface area (Å²) in [6.07, 6.45) is 4.50. The SMILES string of the molecule is CC1CCCC(Oc2cc(NN)cc([N+](=O)[O-])c2)C1. The standard InChI is InChI=1S/C13H19N3O3/c1-9-3-2-4-12(5-9)19-13-7-10(15-14)6-11(8-13)16(17)18/h6-9,12,15H,2-5,14H2,1H3. The van der Waals surface area contributed by atoms with E-state index < -0.39 is 4.92 Å². The average molecular weight is 265 g/mol. The number of nitrogens with two attached hydrogens (primary N) is 1. The molecule has 0 spiro atoms. The Morgan fingerprint density at radius 3 is 2.84 bits per heavy atom. The lowest BCUT2D eigenvalue weighted by Crippen LogP contribution is -2.24. The van der Waals surface area contributed by atoms with Crippen LogP contribution < -0.4 is 16.0 Å². The minimum atomic E-state index is -0.447. The van der Waals surface area contributed by atoms with Crippen molar-refractivity contribution in [2.45, 2.75) is 38.7 Å². The molecule has 1 saturated carbocycles. The zero-order valence-electron chi connectivity index (χ0n) is 11.0. The molecule has 0 amide bonds. The van der Waals surface area contributed by atoms with Crippen LogP contribution in [0.4, 0.5) is 11.4 Å². The number of rotatable bonds is 4. The molecule has 1 aromatic rings. The molecular weight excluding hydrogens is 246 g/mol. The Morgan fingerprint density at radius 1 is 1.42 bits per heavy atom. The van der Waals surface area contributed by atoms with Crippen LogP contribution in [0.25, 0.3) is 0 Å². The number of hydrogen-bond donors (Lipinski definition) is 2. The number of non-ortho nitro benzene ring substituents is 1. The molecule has 1 fully saturated rings. The predicted molar refractivity (Wildman–Crippen MR) is 73.0 cm³/mol. The lowest BCUT2D eigenvalue weighted by Gasteiger charge is -2.27. The van der Waals surface area contributed by atoms with Crippen LogP contribution in [0.2, 0.25) is 0 Å². The third kappa shape index (κ3) is 3.57. The van der Waals surface area contributed by atoms with Gasteiger partial charge >= 0.3 is 0 Å². The molecule has 0 heterocycles. The number of nitrogens with one attached hydrogen (secondary N) is 1. The molecule has 104 valence electrons. The Hall–Kier alpha value is -1.82. The van der Waals surface area contributed by atoms with Gasteiger partial charge in [-0.1, -0.05) is 13.3 Å². The summed E-state index contributed by atoms with van der Waals surface area (Å²) in [5.41, 5.74) is 2.88. The number of ether oxygens (including phenoxy) is 1. The molecule has 0 aliphatic heterocycles. The molecule has 6 heteroatoms. The van der Waals surface area contributed by atoms with E-state index in [0.717, 1.165) is 19.3 Å². The second-order valence-corrected chi connectivity index (χ2v) is 5.13. The van der Waals surface area contributed by atoms with E-state index >= 15 is 0 Å². The van der Waals surface area contributed by atoms with Gasteiger partial charge in [0, 0.05) is 12.1 Å². The van der Waals surface area contributed by atoms with Crippen molar-refractivity contribution in [3.63, 3.8) is 0 Å². The van der Waals surface area contributed by atoms with Crippen molar-refractivity contribution in [1.82, 2.24) is 0 Å². The first-order valence-electron chi connectivity index (χ1n) is 6.51. The first-order valence-corrected chi connectivity index (χ1v) is 6.51. The van der Waals surface area contributed by atoms with Crippen molar-refractivity contribution in [2.75, 3.05) is 5.43 Å². The van der Waals surface area contributed by atoms with E-state index in [4.69, 9.17) is 10.6 Å². The third-order valence-electron chi connectivity index (χ3n) is 3.46. The van der Waals surface area contributed by atoms with Gasteiger partial charge in [-0.05, 0) is 25.2 Å². The van der Waals surface area contributed by atoms with Crippen LogP contribution in [0.3, 0.4) is 0 Å². The zero-order valence-corrected chi connectivity index (χ0v) is 11.0. The molecule has 19 heavy (non-hydrogen) atoms. The molecule has 1 aromatic carbocycles. The number of nitrogens with zero attached hydrogens (tertiary/aromatic N) is 1. The van der Waals surface area contributed by atoms with E-state index in [2.05, 4.69) is 12.3 Å². The molecule has 0 radical (unpaired) electrons. The molecular formula is C13H19N3O3. The first kappa shape index (κ1) is 13.6. The van der Waals surface area contributed by atoms with Gasteiger partial charge in [-0.25, -0.2) is 0 Å². The summed E-state index contributed by atoms with van der Waals surface area (Å²) in [4.78, 5) is 10.4. The highest BCUT2D eigenvalue weighted by atomic mass is 16.6. The molecule has 0 aromatic heterocycles. The van der Waals surface area contributed by atoms with E-state index in [1.54, 1.807) is 6.07 Å². The normalized spacial score (nSPS) is 22.8. The molecule has 2 rings (SSSR count). The van der Waals surface area contributed by atoms with Gasteiger partial charge in [0.05, 0.1) is 22.8 Å². The monoisotopic (exact) mass is 265 g/mol. The van der Waals surface area contributed by atoms with Gasteiger partial charge in [-0.3, -0.25) is 16.0 Å². The highest BCUT2D eigenvalue weighted by molar-refractivity contribution is 5.55. The molecule has 3 N–H and O–H groups in total. The average Bonchev–Trinajstić information content (AvgIpc) is 2.38. The molecule has 0 saturated heterocycles. The van der Waals surface area contributed by atoms with Crippen LogP contribution in [0.15, 0.2) is 18.2 Å². The Labute approximate surface area is 112 Å². The van der Waals surface area contributed by atoms with Crippen molar-refractivity contribution < 1.29 is 9.66 Å². The van der Waals surface area contributed by atoms with E-state index in [1.807, 2.05) is 0 Å².